The predicted molar refractivity (Wildman–Crippen MR) is 81.6 cm³/mol. The summed E-state index contributed by atoms with van der Waals surface area (Å²) in [5.74, 6) is 0. The van der Waals surface area contributed by atoms with E-state index in [-0.39, 0.29) is 0 Å². The Bertz CT molecular complexity index is 557. The highest BCUT2D eigenvalue weighted by atomic mass is 35.5. The van der Waals surface area contributed by atoms with Crippen LogP contribution in [0.25, 0.3) is 0 Å². The van der Waals surface area contributed by atoms with Crippen molar-refractivity contribution < 1.29 is 0 Å². The van der Waals surface area contributed by atoms with E-state index in [1.54, 1.807) is 11.8 Å². The third-order valence-corrected chi connectivity index (χ3v) is 4.47. The molecule has 0 heterocycles. The number of halogens is 2. The summed E-state index contributed by atoms with van der Waals surface area (Å²) in [6.45, 7) is 2.14. The quantitative estimate of drug-likeness (QED) is 0.604. The second-order valence-corrected chi connectivity index (χ2v) is 6.23. The Balaban J connectivity index is 2.16. The van der Waals surface area contributed by atoms with Gasteiger partial charge < -0.3 is 5.73 Å². The third-order valence-electron chi connectivity index (χ3n) is 2.58. The molecule has 0 spiro atoms. The lowest BCUT2D eigenvalue weighted by atomic mass is 10.1. The van der Waals surface area contributed by atoms with Crippen molar-refractivity contribution in [3.63, 3.8) is 0 Å². The van der Waals surface area contributed by atoms with Crippen molar-refractivity contribution in [3.8, 4) is 0 Å². The zero-order chi connectivity index (χ0) is 13.1. The molecule has 0 fully saturated rings. The maximum absolute atomic E-state index is 6.00. The zero-order valence-electron chi connectivity index (χ0n) is 9.86. The Morgan fingerprint density at radius 2 is 1.83 bits per heavy atom. The second-order valence-electron chi connectivity index (χ2n) is 4.01. The molecule has 4 heteroatoms. The molecular formula is C14H13Cl2NS. The molecular weight excluding hydrogens is 285 g/mol. The van der Waals surface area contributed by atoms with Crippen LogP contribution in [0.4, 0.5) is 5.69 Å². The van der Waals surface area contributed by atoms with Gasteiger partial charge in [-0.15, -0.1) is 11.8 Å². The lowest BCUT2D eigenvalue weighted by Crippen LogP contribution is -1.91. The van der Waals surface area contributed by atoms with Crippen molar-refractivity contribution in [3.05, 3.63) is 58.1 Å². The van der Waals surface area contributed by atoms with Gasteiger partial charge in [0.05, 0.1) is 10.0 Å². The highest BCUT2D eigenvalue weighted by Gasteiger charge is 2.09. The molecule has 2 aromatic rings. The molecule has 0 aliphatic heterocycles. The minimum atomic E-state index is 0.311. The van der Waals surface area contributed by atoms with Crippen LogP contribution in [0.2, 0.25) is 10.0 Å². The molecule has 18 heavy (non-hydrogen) atoms. The van der Waals surface area contributed by atoms with Gasteiger partial charge in [0, 0.05) is 15.8 Å². The van der Waals surface area contributed by atoms with E-state index in [0.29, 0.717) is 15.3 Å². The van der Waals surface area contributed by atoms with Crippen molar-refractivity contribution in [1.29, 1.82) is 0 Å². The van der Waals surface area contributed by atoms with Gasteiger partial charge in [-0.25, -0.2) is 0 Å². The second kappa shape index (κ2) is 5.87. The van der Waals surface area contributed by atoms with E-state index in [2.05, 4.69) is 13.0 Å². The molecule has 0 aliphatic carbocycles. The SMILES string of the molecule is CC(Sc1ccc(Cl)c(Cl)c1)c1cccc(N)c1. The van der Waals surface area contributed by atoms with Gasteiger partial charge >= 0.3 is 0 Å². The van der Waals surface area contributed by atoms with E-state index < -0.39 is 0 Å². The van der Waals surface area contributed by atoms with Gasteiger partial charge in [-0.2, -0.15) is 0 Å². The molecule has 0 aromatic heterocycles. The average molecular weight is 298 g/mol. The first kappa shape index (κ1) is 13.6. The lowest BCUT2D eigenvalue weighted by Gasteiger charge is -2.12. The van der Waals surface area contributed by atoms with Gasteiger partial charge in [-0.1, -0.05) is 35.3 Å². The molecule has 0 saturated heterocycles. The highest BCUT2D eigenvalue weighted by molar-refractivity contribution is 7.99. The molecule has 1 nitrogen and oxygen atoms in total. The molecule has 0 radical (unpaired) electrons. The number of anilines is 1. The summed E-state index contributed by atoms with van der Waals surface area (Å²) in [7, 11) is 0. The fourth-order valence-electron chi connectivity index (χ4n) is 1.63. The van der Waals surface area contributed by atoms with Crippen LogP contribution in [0, 0.1) is 0 Å². The van der Waals surface area contributed by atoms with E-state index in [0.717, 1.165) is 10.6 Å². The Hall–Kier alpha value is -0.830. The van der Waals surface area contributed by atoms with Crippen molar-refractivity contribution in [2.24, 2.45) is 0 Å². The van der Waals surface area contributed by atoms with Gasteiger partial charge in [-0.3, -0.25) is 0 Å². The molecule has 0 aliphatic rings. The standard InChI is InChI=1S/C14H13Cl2NS/c1-9(10-3-2-4-11(17)7-10)18-12-5-6-13(15)14(16)8-12/h2-9H,17H2,1H3. The van der Waals surface area contributed by atoms with Crippen LogP contribution in [0.15, 0.2) is 47.4 Å². The maximum atomic E-state index is 6.00. The van der Waals surface area contributed by atoms with Crippen LogP contribution in [0.1, 0.15) is 17.7 Å². The summed E-state index contributed by atoms with van der Waals surface area (Å²) in [4.78, 5) is 1.10. The lowest BCUT2D eigenvalue weighted by molar-refractivity contribution is 1.10. The molecule has 0 bridgehead atoms. The number of benzene rings is 2. The number of nitrogen functional groups attached to an aromatic ring is 1. The number of hydrogen-bond donors (Lipinski definition) is 1. The largest absolute Gasteiger partial charge is 0.399 e. The van der Waals surface area contributed by atoms with Gasteiger partial charge in [0.2, 0.25) is 0 Å². The Morgan fingerprint density at radius 3 is 2.50 bits per heavy atom. The molecule has 2 N–H and O–H groups in total. The number of hydrogen-bond acceptors (Lipinski definition) is 2. The van der Waals surface area contributed by atoms with Crippen molar-refractivity contribution in [1.82, 2.24) is 0 Å². The van der Waals surface area contributed by atoms with Crippen LogP contribution in [0.5, 0.6) is 0 Å². The highest BCUT2D eigenvalue weighted by Crippen LogP contribution is 2.37. The first-order valence-electron chi connectivity index (χ1n) is 5.53. The van der Waals surface area contributed by atoms with Crippen LogP contribution in [-0.4, -0.2) is 0 Å². The van der Waals surface area contributed by atoms with Crippen LogP contribution in [0.3, 0.4) is 0 Å². The molecule has 1 atom stereocenters. The minimum absolute atomic E-state index is 0.311. The average Bonchev–Trinajstić information content (AvgIpc) is 2.34. The number of nitrogens with two attached hydrogens (primary N) is 1. The molecule has 2 rings (SSSR count). The molecule has 0 saturated carbocycles. The van der Waals surface area contributed by atoms with Gasteiger partial charge in [-0.05, 0) is 42.8 Å². The molecule has 2 aromatic carbocycles. The first-order chi connectivity index (χ1) is 8.56. The predicted octanol–water partition coefficient (Wildman–Crippen LogP) is 5.43. The maximum Gasteiger partial charge on any atom is 0.0603 e. The van der Waals surface area contributed by atoms with Gasteiger partial charge in [0.1, 0.15) is 0 Å². The fraction of sp³-hybridized carbons (Fsp3) is 0.143. The summed E-state index contributed by atoms with van der Waals surface area (Å²) in [6.07, 6.45) is 0. The first-order valence-corrected chi connectivity index (χ1v) is 7.17. The fourth-order valence-corrected chi connectivity index (χ4v) is 3.02. The van der Waals surface area contributed by atoms with E-state index in [4.69, 9.17) is 28.9 Å². The summed E-state index contributed by atoms with van der Waals surface area (Å²) >= 11 is 13.6. The van der Waals surface area contributed by atoms with Crippen molar-refractivity contribution in [2.45, 2.75) is 17.1 Å². The van der Waals surface area contributed by atoms with E-state index in [1.165, 1.54) is 5.56 Å². The number of thioether (sulfide) groups is 1. The van der Waals surface area contributed by atoms with E-state index in [1.807, 2.05) is 36.4 Å². The summed E-state index contributed by atoms with van der Waals surface area (Å²) in [5, 5.41) is 1.48. The van der Waals surface area contributed by atoms with Gasteiger partial charge in [0.15, 0.2) is 0 Å². The topological polar surface area (TPSA) is 26.0 Å². The summed E-state index contributed by atoms with van der Waals surface area (Å²) < 4.78 is 0. The van der Waals surface area contributed by atoms with E-state index in [9.17, 15) is 0 Å². The molecule has 94 valence electrons. The monoisotopic (exact) mass is 297 g/mol. The van der Waals surface area contributed by atoms with Crippen molar-refractivity contribution in [2.75, 3.05) is 5.73 Å². The normalized spacial score (nSPS) is 12.4. The smallest absolute Gasteiger partial charge is 0.0603 e. The Kier molecular flexibility index (Phi) is 4.44. The molecule has 1 unspecified atom stereocenters. The van der Waals surface area contributed by atoms with Crippen LogP contribution >= 0.6 is 35.0 Å². The minimum Gasteiger partial charge on any atom is -0.399 e. The van der Waals surface area contributed by atoms with Crippen LogP contribution in [-0.2, 0) is 0 Å². The van der Waals surface area contributed by atoms with Gasteiger partial charge in [0.25, 0.3) is 0 Å². The van der Waals surface area contributed by atoms with E-state index >= 15 is 0 Å². The van der Waals surface area contributed by atoms with Crippen molar-refractivity contribution >= 4 is 40.7 Å². The van der Waals surface area contributed by atoms with Crippen LogP contribution < -0.4 is 5.73 Å². The number of rotatable bonds is 3. The summed E-state index contributed by atoms with van der Waals surface area (Å²) in [6, 6.07) is 13.6. The zero-order valence-corrected chi connectivity index (χ0v) is 12.2. The Morgan fingerprint density at radius 1 is 1.06 bits per heavy atom. The summed E-state index contributed by atoms with van der Waals surface area (Å²) in [5.41, 5.74) is 7.77. The molecule has 0 amide bonds. The third kappa shape index (κ3) is 3.35. The Labute approximate surface area is 121 Å².